The van der Waals surface area contributed by atoms with Crippen LogP contribution in [0.15, 0.2) is 24.3 Å². The molecule has 0 unspecified atom stereocenters. The Morgan fingerprint density at radius 3 is 2.83 bits per heavy atom. The molecule has 0 aliphatic carbocycles. The lowest BCUT2D eigenvalue weighted by Gasteiger charge is -2.10. The molecule has 6 nitrogen and oxygen atoms in total. The summed E-state index contributed by atoms with van der Waals surface area (Å²) in [4.78, 5) is 11.9. The highest BCUT2D eigenvalue weighted by Gasteiger charge is 2.15. The molecule has 0 atom stereocenters. The molecule has 0 saturated heterocycles. The molecule has 1 aromatic carbocycles. The van der Waals surface area contributed by atoms with Crippen molar-refractivity contribution in [1.29, 1.82) is 0 Å². The first-order valence-electron chi connectivity index (χ1n) is 7.90. The van der Waals surface area contributed by atoms with Crippen molar-refractivity contribution in [1.82, 2.24) is 25.4 Å². The van der Waals surface area contributed by atoms with Gasteiger partial charge in [-0.2, -0.15) is 0 Å². The van der Waals surface area contributed by atoms with E-state index in [1.165, 1.54) is 6.42 Å². The first-order chi connectivity index (χ1) is 11.2. The number of aromatic nitrogens is 3. The zero-order chi connectivity index (χ0) is 16.1. The Balaban J connectivity index is 1.51. The molecule has 3 rings (SSSR count). The number of carbonyl (C=O) groups is 1. The minimum Gasteiger partial charge on any atom is -0.334 e. The number of rotatable bonds is 4. The van der Waals surface area contributed by atoms with Gasteiger partial charge in [-0.1, -0.05) is 36.2 Å². The second-order valence-electron chi connectivity index (χ2n) is 5.62. The van der Waals surface area contributed by atoms with E-state index in [0.717, 1.165) is 43.0 Å². The van der Waals surface area contributed by atoms with Gasteiger partial charge in [0.15, 0.2) is 5.82 Å². The quantitative estimate of drug-likeness (QED) is 0.903. The fourth-order valence-electron chi connectivity index (χ4n) is 2.72. The number of carbonyl (C=O) groups excluding carboxylic acids is 1. The number of halogens is 1. The minimum atomic E-state index is -0.240. The number of hydrogen-bond acceptors (Lipinski definition) is 3. The van der Waals surface area contributed by atoms with Gasteiger partial charge in [0.05, 0.1) is 6.54 Å². The van der Waals surface area contributed by atoms with E-state index < -0.39 is 0 Å². The predicted molar refractivity (Wildman–Crippen MR) is 88.1 cm³/mol. The number of hydrogen-bond donors (Lipinski definition) is 2. The number of urea groups is 1. The molecule has 2 aromatic rings. The maximum Gasteiger partial charge on any atom is 0.315 e. The van der Waals surface area contributed by atoms with Gasteiger partial charge in [0, 0.05) is 24.5 Å². The lowest BCUT2D eigenvalue weighted by atomic mass is 10.2. The Morgan fingerprint density at radius 1 is 1.13 bits per heavy atom. The van der Waals surface area contributed by atoms with Crippen molar-refractivity contribution in [2.24, 2.45) is 0 Å². The van der Waals surface area contributed by atoms with Gasteiger partial charge < -0.3 is 15.2 Å². The number of nitrogens with one attached hydrogen (secondary N) is 2. The molecule has 2 amide bonds. The lowest BCUT2D eigenvalue weighted by Crippen LogP contribution is -2.35. The summed E-state index contributed by atoms with van der Waals surface area (Å²) in [6.45, 7) is 1.70. The smallest absolute Gasteiger partial charge is 0.315 e. The molecule has 0 spiro atoms. The normalized spacial score (nSPS) is 14.0. The van der Waals surface area contributed by atoms with Gasteiger partial charge >= 0.3 is 6.03 Å². The van der Waals surface area contributed by atoms with E-state index in [0.29, 0.717) is 18.1 Å². The summed E-state index contributed by atoms with van der Waals surface area (Å²) in [6.07, 6.45) is 4.47. The van der Waals surface area contributed by atoms with Crippen LogP contribution in [0.1, 0.15) is 36.5 Å². The molecule has 0 fully saturated rings. The lowest BCUT2D eigenvalue weighted by molar-refractivity contribution is 0.239. The number of nitrogens with zero attached hydrogens (tertiary/aromatic N) is 3. The second kappa shape index (κ2) is 7.46. The summed E-state index contributed by atoms with van der Waals surface area (Å²) in [6, 6.07) is 7.22. The number of fused-ring (bicyclic) bond motifs is 1. The fraction of sp³-hybridized carbons (Fsp3) is 0.438. The van der Waals surface area contributed by atoms with Crippen molar-refractivity contribution < 1.29 is 4.79 Å². The van der Waals surface area contributed by atoms with Gasteiger partial charge in [-0.25, -0.2) is 4.79 Å². The third kappa shape index (κ3) is 4.01. The van der Waals surface area contributed by atoms with Crippen molar-refractivity contribution in [3.63, 3.8) is 0 Å². The van der Waals surface area contributed by atoms with Crippen molar-refractivity contribution in [2.75, 3.05) is 0 Å². The van der Waals surface area contributed by atoms with Crippen molar-refractivity contribution in [2.45, 2.75) is 45.3 Å². The van der Waals surface area contributed by atoms with Crippen LogP contribution in [0.4, 0.5) is 4.79 Å². The molecule has 0 bridgehead atoms. The molecule has 1 aromatic heterocycles. The van der Waals surface area contributed by atoms with E-state index in [1.54, 1.807) is 0 Å². The Labute approximate surface area is 140 Å². The fourth-order valence-corrected chi connectivity index (χ4v) is 2.92. The molecule has 0 radical (unpaired) electrons. The first-order valence-corrected chi connectivity index (χ1v) is 8.28. The van der Waals surface area contributed by atoms with E-state index in [1.807, 2.05) is 24.3 Å². The van der Waals surface area contributed by atoms with E-state index >= 15 is 0 Å². The van der Waals surface area contributed by atoms with Crippen LogP contribution in [0, 0.1) is 0 Å². The Morgan fingerprint density at radius 2 is 1.96 bits per heavy atom. The minimum absolute atomic E-state index is 0.240. The van der Waals surface area contributed by atoms with E-state index in [-0.39, 0.29) is 6.03 Å². The summed E-state index contributed by atoms with van der Waals surface area (Å²) >= 11 is 6.07. The summed E-state index contributed by atoms with van der Waals surface area (Å²) in [5.74, 6) is 1.84. The summed E-state index contributed by atoms with van der Waals surface area (Å²) in [5, 5.41) is 14.7. The largest absolute Gasteiger partial charge is 0.334 e. The van der Waals surface area contributed by atoms with Gasteiger partial charge in [-0.3, -0.25) is 0 Å². The van der Waals surface area contributed by atoms with Crippen molar-refractivity contribution in [3.05, 3.63) is 46.5 Å². The average molecular weight is 334 g/mol. The summed E-state index contributed by atoms with van der Waals surface area (Å²) in [7, 11) is 0. The van der Waals surface area contributed by atoms with E-state index in [4.69, 9.17) is 11.6 Å². The van der Waals surface area contributed by atoms with Crippen LogP contribution in [0.3, 0.4) is 0 Å². The molecule has 2 heterocycles. The van der Waals surface area contributed by atoms with Gasteiger partial charge in [-0.15, -0.1) is 10.2 Å². The van der Waals surface area contributed by atoms with Crippen LogP contribution in [-0.2, 0) is 26.1 Å². The van der Waals surface area contributed by atoms with Gasteiger partial charge in [0.25, 0.3) is 0 Å². The SMILES string of the molecule is O=C(NCc1ccccc1Cl)NCc1nnc2n1CCCCC2. The number of benzene rings is 1. The third-order valence-electron chi connectivity index (χ3n) is 3.99. The maximum absolute atomic E-state index is 11.9. The molecule has 23 heavy (non-hydrogen) atoms. The molecule has 0 saturated carbocycles. The topological polar surface area (TPSA) is 71.8 Å². The monoisotopic (exact) mass is 333 g/mol. The van der Waals surface area contributed by atoms with E-state index in [9.17, 15) is 4.79 Å². The molecule has 1 aliphatic heterocycles. The van der Waals surface area contributed by atoms with Crippen LogP contribution in [0.5, 0.6) is 0 Å². The Hall–Kier alpha value is -2.08. The summed E-state index contributed by atoms with van der Waals surface area (Å²) in [5.41, 5.74) is 0.890. The molecule has 1 aliphatic rings. The molecule has 122 valence electrons. The molecular weight excluding hydrogens is 314 g/mol. The van der Waals surface area contributed by atoms with E-state index in [2.05, 4.69) is 25.4 Å². The van der Waals surface area contributed by atoms with Crippen molar-refractivity contribution in [3.8, 4) is 0 Å². The van der Waals surface area contributed by atoms with Gasteiger partial charge in [-0.05, 0) is 24.5 Å². The van der Waals surface area contributed by atoms with Crippen LogP contribution < -0.4 is 10.6 Å². The number of aryl methyl sites for hydroxylation is 1. The third-order valence-corrected chi connectivity index (χ3v) is 4.36. The highest BCUT2D eigenvalue weighted by Crippen LogP contribution is 2.15. The van der Waals surface area contributed by atoms with Crippen LogP contribution in [-0.4, -0.2) is 20.8 Å². The molecule has 7 heteroatoms. The highest BCUT2D eigenvalue weighted by atomic mass is 35.5. The zero-order valence-electron chi connectivity index (χ0n) is 12.9. The van der Waals surface area contributed by atoms with Gasteiger partial charge in [0.1, 0.15) is 5.82 Å². The maximum atomic E-state index is 11.9. The zero-order valence-corrected chi connectivity index (χ0v) is 13.6. The average Bonchev–Trinajstić information content (AvgIpc) is 2.78. The summed E-state index contributed by atoms with van der Waals surface area (Å²) < 4.78 is 2.13. The highest BCUT2D eigenvalue weighted by molar-refractivity contribution is 6.31. The Kier molecular flexibility index (Phi) is 5.12. The predicted octanol–water partition coefficient (Wildman–Crippen LogP) is 2.66. The van der Waals surface area contributed by atoms with Crippen LogP contribution in [0.2, 0.25) is 5.02 Å². The first kappa shape index (κ1) is 15.8. The van der Waals surface area contributed by atoms with Crippen LogP contribution >= 0.6 is 11.6 Å². The van der Waals surface area contributed by atoms with Gasteiger partial charge in [0.2, 0.25) is 0 Å². The second-order valence-corrected chi connectivity index (χ2v) is 6.03. The Bertz CT molecular complexity index is 685. The van der Waals surface area contributed by atoms with Crippen LogP contribution in [0.25, 0.3) is 0 Å². The molecule has 2 N–H and O–H groups in total. The number of amides is 2. The molecular formula is C16H20ClN5O. The standard InChI is InChI=1S/C16H20ClN5O/c17-13-7-4-3-6-12(13)10-18-16(23)19-11-15-21-20-14-8-2-1-5-9-22(14)15/h3-4,6-7H,1-2,5,8-11H2,(H2,18,19,23). The van der Waals surface area contributed by atoms with Crippen molar-refractivity contribution >= 4 is 17.6 Å².